The highest BCUT2D eigenvalue weighted by Gasteiger charge is 2.26. The first kappa shape index (κ1) is 21.5. The van der Waals surface area contributed by atoms with Gasteiger partial charge in [-0.15, -0.1) is 0 Å². The average molecular weight is 368 g/mol. The fourth-order valence-corrected chi connectivity index (χ4v) is 2.84. The highest BCUT2D eigenvalue weighted by atomic mass is 35.5. The van der Waals surface area contributed by atoms with Gasteiger partial charge in [0.25, 0.3) is 5.91 Å². The SMILES string of the molecule is CC(C)Cn1c[n+](CC(=O)N[C@H](CO)C(C)(C)C)c2ccccc21.[Cl-]. The number of aromatic nitrogens is 2. The van der Waals surface area contributed by atoms with Crippen LogP contribution in [-0.4, -0.2) is 28.2 Å². The molecular weight excluding hydrogens is 338 g/mol. The van der Waals surface area contributed by atoms with Crippen molar-refractivity contribution in [2.45, 2.75) is 53.8 Å². The number of hydrogen-bond acceptors (Lipinski definition) is 2. The summed E-state index contributed by atoms with van der Waals surface area (Å²) in [5.41, 5.74) is 2.00. The fraction of sp³-hybridized carbons (Fsp3) is 0.579. The van der Waals surface area contributed by atoms with E-state index in [4.69, 9.17) is 0 Å². The predicted molar refractivity (Wildman–Crippen MR) is 95.4 cm³/mol. The van der Waals surface area contributed by atoms with Crippen molar-refractivity contribution in [2.75, 3.05) is 6.61 Å². The van der Waals surface area contributed by atoms with Gasteiger partial charge in [-0.2, -0.15) is 0 Å². The smallest absolute Gasteiger partial charge is 0.262 e. The van der Waals surface area contributed by atoms with Gasteiger partial charge in [0.2, 0.25) is 6.33 Å². The van der Waals surface area contributed by atoms with Crippen molar-refractivity contribution in [3.63, 3.8) is 0 Å². The van der Waals surface area contributed by atoms with Gasteiger partial charge in [-0.1, -0.05) is 46.8 Å². The van der Waals surface area contributed by atoms with Crippen molar-refractivity contribution >= 4 is 16.9 Å². The zero-order valence-electron chi connectivity index (χ0n) is 15.8. The Hall–Kier alpha value is -1.59. The maximum Gasteiger partial charge on any atom is 0.262 e. The number of rotatable bonds is 6. The second-order valence-corrected chi connectivity index (χ2v) is 7.95. The molecule has 0 spiro atoms. The minimum Gasteiger partial charge on any atom is -1.00 e. The molecule has 2 rings (SSSR count). The number of para-hydroxylation sites is 2. The zero-order valence-corrected chi connectivity index (χ0v) is 16.5. The molecule has 0 aliphatic carbocycles. The number of carbonyl (C=O) groups excluding carboxylic acids is 1. The van der Waals surface area contributed by atoms with Crippen molar-refractivity contribution in [1.82, 2.24) is 9.88 Å². The summed E-state index contributed by atoms with van der Waals surface area (Å²) in [6.07, 6.45) is 2.01. The van der Waals surface area contributed by atoms with Crippen LogP contribution in [0, 0.1) is 11.3 Å². The van der Waals surface area contributed by atoms with Crippen LogP contribution in [0.1, 0.15) is 34.6 Å². The molecule has 6 heteroatoms. The van der Waals surface area contributed by atoms with E-state index in [-0.39, 0.29) is 42.9 Å². The number of aliphatic hydroxyl groups excluding tert-OH is 1. The first-order valence-corrected chi connectivity index (χ1v) is 8.60. The van der Waals surface area contributed by atoms with Crippen LogP contribution in [0.4, 0.5) is 0 Å². The molecule has 2 aromatic rings. The molecule has 1 aromatic heterocycles. The van der Waals surface area contributed by atoms with Gasteiger partial charge in [0.05, 0.1) is 19.2 Å². The summed E-state index contributed by atoms with van der Waals surface area (Å²) in [4.78, 5) is 12.5. The molecule has 2 N–H and O–H groups in total. The fourth-order valence-electron chi connectivity index (χ4n) is 2.84. The van der Waals surface area contributed by atoms with Crippen molar-refractivity contribution in [1.29, 1.82) is 0 Å². The van der Waals surface area contributed by atoms with E-state index < -0.39 is 0 Å². The van der Waals surface area contributed by atoms with Gasteiger partial charge in [-0.05, 0) is 23.5 Å². The summed E-state index contributed by atoms with van der Waals surface area (Å²) >= 11 is 0. The van der Waals surface area contributed by atoms with E-state index in [9.17, 15) is 9.90 Å². The molecule has 140 valence electrons. The molecule has 0 bridgehead atoms. The Morgan fingerprint density at radius 1 is 1.28 bits per heavy atom. The van der Waals surface area contributed by atoms with Crippen LogP contribution in [0.15, 0.2) is 30.6 Å². The lowest BCUT2D eigenvalue weighted by atomic mass is 9.87. The number of benzene rings is 1. The largest absolute Gasteiger partial charge is 1.00 e. The zero-order chi connectivity index (χ0) is 17.9. The molecule has 1 heterocycles. The summed E-state index contributed by atoms with van der Waals surface area (Å²) in [5.74, 6) is 0.448. The van der Waals surface area contributed by atoms with Crippen molar-refractivity contribution in [3.05, 3.63) is 30.6 Å². The molecule has 0 saturated heterocycles. The molecule has 5 nitrogen and oxygen atoms in total. The Bertz CT molecular complexity index is 704. The number of aliphatic hydroxyl groups is 1. The van der Waals surface area contributed by atoms with Gasteiger partial charge in [0.15, 0.2) is 17.6 Å². The van der Waals surface area contributed by atoms with Gasteiger partial charge in [0.1, 0.15) is 0 Å². The van der Waals surface area contributed by atoms with E-state index in [1.54, 1.807) is 0 Å². The molecule has 1 amide bonds. The lowest BCUT2D eigenvalue weighted by Gasteiger charge is -2.29. The number of carbonyl (C=O) groups is 1. The number of imidazole rings is 1. The van der Waals surface area contributed by atoms with Crippen LogP contribution in [0.5, 0.6) is 0 Å². The standard InChI is InChI=1S/C19H29N3O2.ClH/c1-14(2)10-21-13-22(16-9-7-6-8-15(16)21)11-18(24)20-17(12-23)19(3,4)5;/h6-9,13-14,17,23H,10-12H2,1-5H3;1H/t17-;/m1./s1. The Labute approximate surface area is 156 Å². The van der Waals surface area contributed by atoms with Gasteiger partial charge in [-0.3, -0.25) is 4.79 Å². The van der Waals surface area contributed by atoms with Gasteiger partial charge < -0.3 is 22.8 Å². The predicted octanol–water partition coefficient (Wildman–Crippen LogP) is -0.888. The Balaban J connectivity index is 0.00000312. The molecule has 1 aromatic carbocycles. The lowest BCUT2D eigenvalue weighted by molar-refractivity contribution is -0.659. The number of fused-ring (bicyclic) bond motifs is 1. The minimum atomic E-state index is -0.255. The maximum atomic E-state index is 12.5. The summed E-state index contributed by atoms with van der Waals surface area (Å²) in [6.45, 7) is 11.5. The van der Waals surface area contributed by atoms with E-state index in [1.165, 1.54) is 0 Å². The van der Waals surface area contributed by atoms with E-state index in [1.807, 2.05) is 49.9 Å². The van der Waals surface area contributed by atoms with Gasteiger partial charge >= 0.3 is 0 Å². The van der Waals surface area contributed by atoms with Crippen LogP contribution < -0.4 is 22.3 Å². The second-order valence-electron chi connectivity index (χ2n) is 7.95. The first-order valence-electron chi connectivity index (χ1n) is 8.60. The van der Waals surface area contributed by atoms with E-state index in [0.29, 0.717) is 5.92 Å². The quantitative estimate of drug-likeness (QED) is 0.651. The Morgan fingerprint density at radius 3 is 2.48 bits per heavy atom. The van der Waals surface area contributed by atoms with Crippen LogP contribution >= 0.6 is 0 Å². The third kappa shape index (κ3) is 5.44. The highest BCUT2D eigenvalue weighted by molar-refractivity contribution is 5.76. The summed E-state index contributed by atoms with van der Waals surface area (Å²) in [5, 5.41) is 12.5. The summed E-state index contributed by atoms with van der Waals surface area (Å²) in [7, 11) is 0. The molecule has 0 unspecified atom stereocenters. The molecule has 0 radical (unpaired) electrons. The number of halogens is 1. The maximum absolute atomic E-state index is 12.5. The van der Waals surface area contributed by atoms with Crippen molar-refractivity contribution in [2.24, 2.45) is 11.3 Å². The van der Waals surface area contributed by atoms with Crippen LogP contribution in [-0.2, 0) is 17.9 Å². The molecule has 0 fully saturated rings. The van der Waals surface area contributed by atoms with Crippen molar-refractivity contribution < 1.29 is 26.9 Å². The normalized spacial score (nSPS) is 12.9. The number of nitrogens with zero attached hydrogens (tertiary/aromatic N) is 2. The minimum absolute atomic E-state index is 0. The molecule has 0 saturated carbocycles. The monoisotopic (exact) mass is 367 g/mol. The topological polar surface area (TPSA) is 58.1 Å². The van der Waals surface area contributed by atoms with Crippen LogP contribution in [0.2, 0.25) is 0 Å². The van der Waals surface area contributed by atoms with Crippen LogP contribution in [0.25, 0.3) is 11.0 Å². The second kappa shape index (κ2) is 8.68. The van der Waals surface area contributed by atoms with Crippen LogP contribution in [0.3, 0.4) is 0 Å². The molecule has 25 heavy (non-hydrogen) atoms. The Morgan fingerprint density at radius 2 is 1.92 bits per heavy atom. The van der Waals surface area contributed by atoms with Gasteiger partial charge in [-0.25, -0.2) is 9.13 Å². The third-order valence-corrected chi connectivity index (χ3v) is 4.22. The number of hydrogen-bond donors (Lipinski definition) is 2. The summed E-state index contributed by atoms with van der Waals surface area (Å²) < 4.78 is 4.17. The lowest BCUT2D eigenvalue weighted by Crippen LogP contribution is -3.00. The highest BCUT2D eigenvalue weighted by Crippen LogP contribution is 2.18. The van der Waals surface area contributed by atoms with Crippen molar-refractivity contribution in [3.8, 4) is 0 Å². The van der Waals surface area contributed by atoms with E-state index in [0.717, 1.165) is 17.6 Å². The van der Waals surface area contributed by atoms with E-state index in [2.05, 4.69) is 29.8 Å². The summed E-state index contributed by atoms with van der Waals surface area (Å²) in [6, 6.07) is 7.87. The molecular formula is C19H30ClN3O2. The Kier molecular flexibility index (Phi) is 7.44. The average Bonchev–Trinajstić information content (AvgIpc) is 2.81. The first-order chi connectivity index (χ1) is 11.2. The molecule has 1 atom stereocenters. The number of nitrogens with one attached hydrogen (secondary N) is 1. The van der Waals surface area contributed by atoms with E-state index >= 15 is 0 Å². The number of amides is 1. The molecule has 0 aliphatic heterocycles. The molecule has 0 aliphatic rings. The van der Waals surface area contributed by atoms with Gasteiger partial charge in [0, 0.05) is 0 Å². The third-order valence-electron chi connectivity index (χ3n) is 4.22.